The van der Waals surface area contributed by atoms with Crippen LogP contribution in [-0.4, -0.2) is 30.1 Å². The summed E-state index contributed by atoms with van der Waals surface area (Å²) in [5, 5.41) is 9.59. The highest BCUT2D eigenvalue weighted by Crippen LogP contribution is 2.27. The van der Waals surface area contributed by atoms with Gasteiger partial charge in [0.05, 0.1) is 6.10 Å². The van der Waals surface area contributed by atoms with Crippen LogP contribution in [0.25, 0.3) is 0 Å². The van der Waals surface area contributed by atoms with E-state index in [0.29, 0.717) is 5.92 Å². The number of hydrogen-bond donors (Lipinski definition) is 1. The van der Waals surface area contributed by atoms with Gasteiger partial charge in [-0.3, -0.25) is 0 Å². The number of likely N-dealkylation sites (N-methyl/N-ethyl adjacent to an activating group) is 1. The maximum absolute atomic E-state index is 9.59. The van der Waals surface area contributed by atoms with E-state index in [1.54, 1.807) is 0 Å². The van der Waals surface area contributed by atoms with E-state index in [-0.39, 0.29) is 6.10 Å². The summed E-state index contributed by atoms with van der Waals surface area (Å²) in [6.07, 6.45) is 2.19. The Morgan fingerprint density at radius 3 is 2.94 bits per heavy atom. The van der Waals surface area contributed by atoms with Gasteiger partial charge in [0.2, 0.25) is 0 Å². The molecule has 1 aliphatic rings. The molecule has 0 amide bonds. The summed E-state index contributed by atoms with van der Waals surface area (Å²) < 4.78 is 0. The molecular formula is C14H21NO. The van der Waals surface area contributed by atoms with Gasteiger partial charge in [-0.1, -0.05) is 24.3 Å². The van der Waals surface area contributed by atoms with Crippen molar-refractivity contribution in [3.63, 3.8) is 0 Å². The van der Waals surface area contributed by atoms with E-state index in [1.807, 2.05) is 13.0 Å². The summed E-state index contributed by atoms with van der Waals surface area (Å²) in [4.78, 5) is 2.39. The normalized spacial score (nSPS) is 24.3. The van der Waals surface area contributed by atoms with Gasteiger partial charge in [-0.25, -0.2) is 0 Å². The van der Waals surface area contributed by atoms with Crippen LogP contribution >= 0.6 is 0 Å². The van der Waals surface area contributed by atoms with Gasteiger partial charge in [0.1, 0.15) is 0 Å². The number of aliphatic hydroxyl groups is 1. The maximum atomic E-state index is 9.59. The Kier molecular flexibility index (Phi) is 3.62. The second-order valence-electron chi connectivity index (χ2n) is 4.95. The molecule has 0 aliphatic carbocycles. The molecule has 88 valence electrons. The molecule has 1 aliphatic heterocycles. The highest BCUT2D eigenvalue weighted by atomic mass is 16.3. The smallest absolute Gasteiger partial charge is 0.0762 e. The first kappa shape index (κ1) is 11.6. The molecule has 2 unspecified atom stereocenters. The molecule has 0 aromatic heterocycles. The molecule has 1 heterocycles. The van der Waals surface area contributed by atoms with Crippen molar-refractivity contribution in [3.05, 3.63) is 35.4 Å². The number of likely N-dealkylation sites (tertiary alicyclic amines) is 1. The molecule has 0 bridgehead atoms. The van der Waals surface area contributed by atoms with Gasteiger partial charge in [-0.05, 0) is 50.4 Å². The van der Waals surface area contributed by atoms with Gasteiger partial charge in [0, 0.05) is 6.54 Å². The molecule has 1 aromatic carbocycles. The first-order valence-corrected chi connectivity index (χ1v) is 6.13. The lowest BCUT2D eigenvalue weighted by Gasteiger charge is -2.30. The maximum Gasteiger partial charge on any atom is 0.0762 e. The van der Waals surface area contributed by atoms with Crippen molar-refractivity contribution in [1.82, 2.24) is 4.90 Å². The van der Waals surface area contributed by atoms with Crippen LogP contribution in [0.2, 0.25) is 0 Å². The van der Waals surface area contributed by atoms with Crippen molar-refractivity contribution >= 4 is 0 Å². The van der Waals surface area contributed by atoms with Crippen LogP contribution in [0.4, 0.5) is 0 Å². The molecule has 2 nitrogen and oxygen atoms in total. The van der Waals surface area contributed by atoms with E-state index in [9.17, 15) is 5.11 Å². The lowest BCUT2D eigenvalue weighted by Crippen LogP contribution is -2.30. The number of piperidine rings is 1. The highest BCUT2D eigenvalue weighted by molar-refractivity contribution is 5.28. The van der Waals surface area contributed by atoms with Gasteiger partial charge < -0.3 is 10.0 Å². The van der Waals surface area contributed by atoms with Crippen molar-refractivity contribution in [2.45, 2.75) is 31.8 Å². The molecule has 1 N–H and O–H groups in total. The van der Waals surface area contributed by atoms with Crippen molar-refractivity contribution < 1.29 is 5.11 Å². The predicted molar refractivity (Wildman–Crippen MR) is 66.5 cm³/mol. The molecule has 0 saturated carbocycles. The van der Waals surface area contributed by atoms with E-state index >= 15 is 0 Å². The van der Waals surface area contributed by atoms with Crippen LogP contribution in [0.3, 0.4) is 0 Å². The first-order valence-electron chi connectivity index (χ1n) is 6.13. The topological polar surface area (TPSA) is 23.5 Å². The molecule has 2 heteroatoms. The minimum absolute atomic E-state index is 0.360. The lowest BCUT2D eigenvalue weighted by atomic mass is 9.89. The second kappa shape index (κ2) is 4.98. The summed E-state index contributed by atoms with van der Waals surface area (Å²) in [5.74, 6) is 0.637. The first-order chi connectivity index (χ1) is 7.66. The molecule has 1 fully saturated rings. The Bertz CT molecular complexity index is 348. The standard InChI is InChI=1S/C14H21NO/c1-11(16)12-5-3-6-13(9-12)14-7-4-8-15(2)10-14/h3,5-6,9,11,14,16H,4,7-8,10H2,1-2H3. The minimum Gasteiger partial charge on any atom is -0.389 e. The fraction of sp³-hybridized carbons (Fsp3) is 0.571. The Morgan fingerprint density at radius 2 is 2.25 bits per heavy atom. The predicted octanol–water partition coefficient (Wildman–Crippen LogP) is 2.55. The summed E-state index contributed by atoms with van der Waals surface area (Å²) in [6, 6.07) is 8.41. The van der Waals surface area contributed by atoms with Crippen molar-refractivity contribution in [3.8, 4) is 0 Å². The third kappa shape index (κ3) is 2.63. The third-order valence-electron chi connectivity index (χ3n) is 3.49. The van der Waals surface area contributed by atoms with Gasteiger partial charge in [0.15, 0.2) is 0 Å². The molecule has 1 aromatic rings. The molecule has 2 rings (SSSR count). The van der Waals surface area contributed by atoms with Crippen molar-refractivity contribution in [1.29, 1.82) is 0 Å². The average molecular weight is 219 g/mol. The number of rotatable bonds is 2. The van der Waals surface area contributed by atoms with E-state index in [1.165, 1.54) is 24.9 Å². The van der Waals surface area contributed by atoms with E-state index in [0.717, 1.165) is 12.1 Å². The number of aliphatic hydroxyl groups excluding tert-OH is 1. The Morgan fingerprint density at radius 1 is 1.44 bits per heavy atom. The number of hydrogen-bond acceptors (Lipinski definition) is 2. The molecule has 0 spiro atoms. The third-order valence-corrected chi connectivity index (χ3v) is 3.49. The van der Waals surface area contributed by atoms with E-state index in [4.69, 9.17) is 0 Å². The quantitative estimate of drug-likeness (QED) is 0.826. The van der Waals surface area contributed by atoms with Gasteiger partial charge in [-0.2, -0.15) is 0 Å². The molecular weight excluding hydrogens is 198 g/mol. The molecule has 1 saturated heterocycles. The Hall–Kier alpha value is -0.860. The molecule has 0 radical (unpaired) electrons. The Balaban J connectivity index is 2.16. The second-order valence-corrected chi connectivity index (χ2v) is 4.95. The van der Waals surface area contributed by atoms with Crippen molar-refractivity contribution in [2.24, 2.45) is 0 Å². The summed E-state index contributed by atoms with van der Waals surface area (Å²) in [6.45, 7) is 4.18. The monoisotopic (exact) mass is 219 g/mol. The van der Waals surface area contributed by atoms with Crippen LogP contribution < -0.4 is 0 Å². The van der Waals surface area contributed by atoms with Gasteiger partial charge >= 0.3 is 0 Å². The average Bonchev–Trinajstić information content (AvgIpc) is 2.29. The van der Waals surface area contributed by atoms with E-state index < -0.39 is 0 Å². The van der Waals surface area contributed by atoms with Crippen molar-refractivity contribution in [2.75, 3.05) is 20.1 Å². The lowest BCUT2D eigenvalue weighted by molar-refractivity contribution is 0.199. The fourth-order valence-electron chi connectivity index (χ4n) is 2.51. The zero-order chi connectivity index (χ0) is 11.5. The van der Waals surface area contributed by atoms with Gasteiger partial charge in [-0.15, -0.1) is 0 Å². The van der Waals surface area contributed by atoms with Crippen LogP contribution in [0.1, 0.15) is 42.9 Å². The number of nitrogens with zero attached hydrogens (tertiary/aromatic N) is 1. The largest absolute Gasteiger partial charge is 0.389 e. The zero-order valence-corrected chi connectivity index (χ0v) is 10.2. The van der Waals surface area contributed by atoms with Crippen LogP contribution in [0.5, 0.6) is 0 Å². The SMILES string of the molecule is CC(O)c1cccc(C2CCCN(C)C2)c1. The minimum atomic E-state index is -0.360. The van der Waals surface area contributed by atoms with Crippen LogP contribution in [0, 0.1) is 0 Å². The van der Waals surface area contributed by atoms with Gasteiger partial charge in [0.25, 0.3) is 0 Å². The fourth-order valence-corrected chi connectivity index (χ4v) is 2.51. The highest BCUT2D eigenvalue weighted by Gasteiger charge is 2.19. The molecule has 16 heavy (non-hydrogen) atoms. The number of benzene rings is 1. The summed E-state index contributed by atoms with van der Waals surface area (Å²) >= 11 is 0. The zero-order valence-electron chi connectivity index (χ0n) is 10.2. The van der Waals surface area contributed by atoms with E-state index in [2.05, 4.69) is 30.1 Å². The van der Waals surface area contributed by atoms with Crippen LogP contribution in [-0.2, 0) is 0 Å². The molecule has 2 atom stereocenters. The summed E-state index contributed by atoms with van der Waals surface area (Å²) in [5.41, 5.74) is 2.41. The Labute approximate surface area is 97.9 Å². The van der Waals surface area contributed by atoms with Crippen LogP contribution in [0.15, 0.2) is 24.3 Å². The summed E-state index contributed by atoms with van der Waals surface area (Å²) in [7, 11) is 2.19.